The van der Waals surface area contributed by atoms with Crippen LogP contribution < -0.4 is 0 Å². The van der Waals surface area contributed by atoms with Gasteiger partial charge < -0.3 is 19.8 Å². The number of para-hydroxylation sites is 1. The van der Waals surface area contributed by atoms with Crippen molar-refractivity contribution in [1.82, 2.24) is 9.88 Å². The lowest BCUT2D eigenvalue weighted by Gasteiger charge is -2.17. The predicted octanol–water partition coefficient (Wildman–Crippen LogP) is 2.40. The molecule has 1 saturated heterocycles. The number of hydrogen-bond donors (Lipinski definition) is 2. The smallest absolute Gasteiger partial charge is 0.338 e. The van der Waals surface area contributed by atoms with E-state index in [1.807, 2.05) is 30.3 Å². The molecule has 2 aromatic carbocycles. The monoisotopic (exact) mass is 406 g/mol. The number of hydrogen-bond acceptors (Lipinski definition) is 6. The number of fused-ring (bicyclic) bond motifs is 1. The van der Waals surface area contributed by atoms with E-state index >= 15 is 0 Å². The molecule has 0 bridgehead atoms. The summed E-state index contributed by atoms with van der Waals surface area (Å²) in [6.07, 6.45) is 1.70. The number of aromatic nitrogens is 1. The number of β-amino-alcohol motifs (C(OH)–C–C–N with tert-alkyl or cyclic N) is 1. The van der Waals surface area contributed by atoms with E-state index in [-0.39, 0.29) is 35.2 Å². The Morgan fingerprint density at radius 2 is 1.90 bits per heavy atom. The number of nitrogens with zero attached hydrogens (tertiary/aromatic N) is 2. The maximum Gasteiger partial charge on any atom is 0.338 e. The molecule has 2 atom stereocenters. The first kappa shape index (κ1) is 19.8. The number of phenols is 1. The number of benzene rings is 2. The first-order chi connectivity index (χ1) is 14.5. The lowest BCUT2D eigenvalue weighted by Crippen LogP contribution is -2.29. The molecule has 1 aromatic heterocycles. The Kier molecular flexibility index (Phi) is 5.37. The van der Waals surface area contributed by atoms with E-state index in [9.17, 15) is 19.8 Å². The highest BCUT2D eigenvalue weighted by molar-refractivity contribution is 5.98. The number of carbonyl (C=O) groups is 2. The van der Waals surface area contributed by atoms with Gasteiger partial charge in [0, 0.05) is 36.2 Å². The number of ether oxygens (including phenoxy) is 1. The molecule has 0 saturated carbocycles. The highest BCUT2D eigenvalue weighted by atomic mass is 16.5. The Labute approximate surface area is 173 Å². The summed E-state index contributed by atoms with van der Waals surface area (Å²) in [4.78, 5) is 30.7. The molecule has 3 aromatic rings. The fraction of sp³-hybridized carbons (Fsp3) is 0.261. The van der Waals surface area contributed by atoms with Crippen LogP contribution in [0.5, 0.6) is 5.75 Å². The number of aliphatic hydroxyl groups is 1. The van der Waals surface area contributed by atoms with Crippen LogP contribution in [0, 0.1) is 5.92 Å². The largest absolute Gasteiger partial charge is 0.508 e. The van der Waals surface area contributed by atoms with Crippen LogP contribution in [-0.2, 0) is 11.2 Å². The van der Waals surface area contributed by atoms with E-state index < -0.39 is 12.1 Å². The van der Waals surface area contributed by atoms with Crippen molar-refractivity contribution in [3.05, 3.63) is 71.4 Å². The zero-order valence-electron chi connectivity index (χ0n) is 16.5. The molecule has 1 aliphatic rings. The Hall–Kier alpha value is -3.45. The van der Waals surface area contributed by atoms with Crippen molar-refractivity contribution in [3.63, 3.8) is 0 Å². The highest BCUT2D eigenvalue weighted by Gasteiger charge is 2.35. The Balaban J connectivity index is 1.53. The number of aromatic hydroxyl groups is 1. The van der Waals surface area contributed by atoms with E-state index in [4.69, 9.17) is 0 Å². The summed E-state index contributed by atoms with van der Waals surface area (Å²) in [6, 6.07) is 13.7. The number of amides is 1. The lowest BCUT2D eigenvalue weighted by molar-refractivity contribution is 0.0600. The van der Waals surface area contributed by atoms with Gasteiger partial charge in [0.05, 0.1) is 24.3 Å². The molecule has 1 fully saturated rings. The van der Waals surface area contributed by atoms with Gasteiger partial charge in [0.1, 0.15) is 5.75 Å². The average molecular weight is 406 g/mol. The van der Waals surface area contributed by atoms with Gasteiger partial charge in [-0.15, -0.1) is 0 Å². The maximum atomic E-state index is 13.0. The maximum absolute atomic E-state index is 13.0. The van der Waals surface area contributed by atoms with Crippen molar-refractivity contribution < 1.29 is 24.5 Å². The molecule has 30 heavy (non-hydrogen) atoms. The molecule has 0 radical (unpaired) electrons. The minimum Gasteiger partial charge on any atom is -0.508 e. The molecular weight excluding hydrogens is 384 g/mol. The molecule has 0 spiro atoms. The van der Waals surface area contributed by atoms with Crippen LogP contribution in [0.2, 0.25) is 0 Å². The number of phenolic OH excluding ortho intramolecular Hbond substituents is 1. The Bertz CT molecular complexity index is 1110. The molecular formula is C23H22N2O5. The highest BCUT2D eigenvalue weighted by Crippen LogP contribution is 2.27. The molecule has 0 aliphatic carbocycles. The van der Waals surface area contributed by atoms with E-state index in [2.05, 4.69) is 9.72 Å². The summed E-state index contributed by atoms with van der Waals surface area (Å²) in [5, 5.41) is 21.5. The van der Waals surface area contributed by atoms with E-state index in [1.54, 1.807) is 11.1 Å². The van der Waals surface area contributed by atoms with Gasteiger partial charge in [-0.05, 0) is 42.3 Å². The van der Waals surface area contributed by atoms with Crippen molar-refractivity contribution in [2.24, 2.45) is 5.92 Å². The summed E-state index contributed by atoms with van der Waals surface area (Å²) in [7, 11) is 1.23. The SMILES string of the molecule is COC(=O)c1cc(O)cc(C(=O)N2C[C@@H](Cc3ccnc4ccccc34)[C@H](O)C2)c1. The summed E-state index contributed by atoms with van der Waals surface area (Å²) in [5.41, 5.74) is 2.24. The minimum atomic E-state index is -0.668. The summed E-state index contributed by atoms with van der Waals surface area (Å²) in [5.74, 6) is -1.31. The summed E-state index contributed by atoms with van der Waals surface area (Å²) < 4.78 is 4.67. The quantitative estimate of drug-likeness (QED) is 0.646. The fourth-order valence-electron chi connectivity index (χ4n) is 3.99. The van der Waals surface area contributed by atoms with E-state index in [0.29, 0.717) is 13.0 Å². The number of pyridine rings is 1. The third-order valence-corrected chi connectivity index (χ3v) is 5.50. The van der Waals surface area contributed by atoms with Gasteiger partial charge >= 0.3 is 5.97 Å². The number of likely N-dealkylation sites (tertiary alicyclic amines) is 1. The molecule has 0 unspecified atom stereocenters. The fourth-order valence-corrected chi connectivity index (χ4v) is 3.99. The van der Waals surface area contributed by atoms with Gasteiger partial charge in [-0.2, -0.15) is 0 Å². The third kappa shape index (κ3) is 3.84. The summed E-state index contributed by atoms with van der Waals surface area (Å²) >= 11 is 0. The average Bonchev–Trinajstić information content (AvgIpc) is 3.12. The molecule has 2 heterocycles. The van der Waals surface area contributed by atoms with Crippen molar-refractivity contribution >= 4 is 22.8 Å². The first-order valence-electron chi connectivity index (χ1n) is 9.68. The predicted molar refractivity (Wildman–Crippen MR) is 110 cm³/mol. The van der Waals surface area contributed by atoms with Gasteiger partial charge in [0.15, 0.2) is 0 Å². The third-order valence-electron chi connectivity index (χ3n) is 5.50. The van der Waals surface area contributed by atoms with Crippen LogP contribution in [-0.4, -0.2) is 58.3 Å². The summed E-state index contributed by atoms with van der Waals surface area (Å²) in [6.45, 7) is 0.565. The first-order valence-corrected chi connectivity index (χ1v) is 9.68. The number of esters is 1. The van der Waals surface area contributed by atoms with E-state index in [0.717, 1.165) is 16.5 Å². The Morgan fingerprint density at radius 1 is 1.13 bits per heavy atom. The molecule has 7 heteroatoms. The Morgan fingerprint density at radius 3 is 2.70 bits per heavy atom. The zero-order valence-corrected chi connectivity index (χ0v) is 16.5. The number of rotatable bonds is 4. The van der Waals surface area contributed by atoms with Crippen molar-refractivity contribution in [3.8, 4) is 5.75 Å². The standard InChI is InChI=1S/C23H22N2O5/c1-30-23(29)16-9-15(10-18(26)11-16)22(28)25-12-17(21(27)13-25)8-14-6-7-24-20-5-3-2-4-19(14)20/h2-7,9-11,17,21,26-27H,8,12-13H2,1H3/t17-,21-/m1/s1. The van der Waals surface area contributed by atoms with Gasteiger partial charge in [-0.25, -0.2) is 4.79 Å². The van der Waals surface area contributed by atoms with Crippen molar-refractivity contribution in [1.29, 1.82) is 0 Å². The molecule has 4 rings (SSSR count). The number of methoxy groups -OCH3 is 1. The molecule has 2 N–H and O–H groups in total. The van der Waals surface area contributed by atoms with Crippen LogP contribution in [0.15, 0.2) is 54.7 Å². The molecule has 1 aliphatic heterocycles. The van der Waals surface area contributed by atoms with Crippen LogP contribution in [0.3, 0.4) is 0 Å². The van der Waals surface area contributed by atoms with Crippen molar-refractivity contribution in [2.45, 2.75) is 12.5 Å². The minimum absolute atomic E-state index is 0.0976. The van der Waals surface area contributed by atoms with Crippen LogP contribution in [0.25, 0.3) is 10.9 Å². The van der Waals surface area contributed by atoms with Crippen LogP contribution in [0.4, 0.5) is 0 Å². The van der Waals surface area contributed by atoms with Crippen LogP contribution >= 0.6 is 0 Å². The number of aliphatic hydroxyl groups excluding tert-OH is 1. The number of carbonyl (C=O) groups excluding carboxylic acids is 2. The van der Waals surface area contributed by atoms with E-state index in [1.165, 1.54) is 25.3 Å². The second kappa shape index (κ2) is 8.12. The second-order valence-corrected chi connectivity index (χ2v) is 7.49. The lowest BCUT2D eigenvalue weighted by atomic mass is 9.94. The molecule has 7 nitrogen and oxygen atoms in total. The van der Waals surface area contributed by atoms with Crippen LogP contribution in [0.1, 0.15) is 26.3 Å². The van der Waals surface area contributed by atoms with Gasteiger partial charge in [0.25, 0.3) is 5.91 Å². The van der Waals surface area contributed by atoms with Gasteiger partial charge in [-0.1, -0.05) is 18.2 Å². The van der Waals surface area contributed by atoms with Gasteiger partial charge in [0.2, 0.25) is 0 Å². The van der Waals surface area contributed by atoms with Crippen molar-refractivity contribution in [2.75, 3.05) is 20.2 Å². The van der Waals surface area contributed by atoms with Gasteiger partial charge in [-0.3, -0.25) is 9.78 Å². The second-order valence-electron chi connectivity index (χ2n) is 7.49. The molecule has 154 valence electrons. The normalized spacial score (nSPS) is 18.5. The zero-order chi connectivity index (χ0) is 21.3. The molecule has 1 amide bonds. The topological polar surface area (TPSA) is 100.0 Å².